The van der Waals surface area contributed by atoms with Gasteiger partial charge in [0.05, 0.1) is 17.6 Å². The third kappa shape index (κ3) is 4.42. The summed E-state index contributed by atoms with van der Waals surface area (Å²) >= 11 is 0. The molecule has 0 atom stereocenters. The fourth-order valence-corrected chi connectivity index (χ4v) is 3.99. The number of hydrogen-bond donors (Lipinski definition) is 1. The van der Waals surface area contributed by atoms with E-state index in [1.807, 2.05) is 51.1 Å². The molecule has 3 aromatic heterocycles. The van der Waals surface area contributed by atoms with Crippen LogP contribution in [0.2, 0.25) is 0 Å². The van der Waals surface area contributed by atoms with Crippen molar-refractivity contribution in [2.75, 3.05) is 5.32 Å². The lowest BCUT2D eigenvalue weighted by atomic mass is 9.92. The zero-order chi connectivity index (χ0) is 24.6. The van der Waals surface area contributed by atoms with Crippen LogP contribution >= 0.6 is 0 Å². The normalized spacial score (nSPS) is 11.6. The summed E-state index contributed by atoms with van der Waals surface area (Å²) in [5, 5.41) is 21.4. The Morgan fingerprint density at radius 2 is 1.94 bits per heavy atom. The molecule has 4 rings (SSSR count). The Bertz CT molecular complexity index is 1430. The van der Waals surface area contributed by atoms with Crippen LogP contribution in [0, 0.1) is 32.1 Å². The molecule has 0 radical (unpaired) electrons. The Morgan fingerprint density at radius 1 is 1.18 bits per heavy atom. The number of carbonyl (C=O) groups is 1. The highest BCUT2D eigenvalue weighted by Crippen LogP contribution is 2.27. The molecule has 0 aliphatic rings. The van der Waals surface area contributed by atoms with E-state index >= 15 is 0 Å². The second-order valence-corrected chi connectivity index (χ2v) is 9.63. The number of aryl methyl sites for hydroxylation is 3. The van der Waals surface area contributed by atoms with Crippen molar-refractivity contribution >= 4 is 17.4 Å². The summed E-state index contributed by atoms with van der Waals surface area (Å²) < 4.78 is 3.46. The molecule has 1 aromatic carbocycles. The lowest BCUT2D eigenvalue weighted by molar-refractivity contribution is -0.116. The lowest BCUT2D eigenvalue weighted by Crippen LogP contribution is -2.16. The van der Waals surface area contributed by atoms with E-state index in [1.165, 1.54) is 6.20 Å². The molecule has 0 aliphatic carbocycles. The summed E-state index contributed by atoms with van der Waals surface area (Å²) in [6.07, 6.45) is 2.31. The average Bonchev–Trinajstić information content (AvgIpc) is 3.37. The van der Waals surface area contributed by atoms with Crippen LogP contribution in [0.15, 0.2) is 36.5 Å². The molecular weight excluding hydrogens is 426 g/mol. The highest BCUT2D eigenvalue weighted by molar-refractivity contribution is 5.90. The van der Waals surface area contributed by atoms with Crippen molar-refractivity contribution < 1.29 is 4.79 Å². The van der Waals surface area contributed by atoms with E-state index in [4.69, 9.17) is 5.10 Å². The van der Waals surface area contributed by atoms with Crippen molar-refractivity contribution in [3.05, 3.63) is 70.3 Å². The Labute approximate surface area is 199 Å². The quantitative estimate of drug-likeness (QED) is 0.475. The van der Waals surface area contributed by atoms with Crippen LogP contribution in [-0.2, 0) is 16.6 Å². The number of anilines is 1. The van der Waals surface area contributed by atoms with E-state index in [-0.39, 0.29) is 17.7 Å². The Hall–Kier alpha value is -3.99. The molecule has 8 nitrogen and oxygen atoms in total. The van der Waals surface area contributed by atoms with Crippen LogP contribution in [0.1, 0.15) is 61.0 Å². The van der Waals surface area contributed by atoms with E-state index < -0.39 is 0 Å². The number of benzene rings is 1. The van der Waals surface area contributed by atoms with E-state index in [0.717, 1.165) is 33.9 Å². The zero-order valence-electron chi connectivity index (χ0n) is 20.5. The maximum Gasteiger partial charge on any atom is 0.225 e. The van der Waals surface area contributed by atoms with Crippen LogP contribution in [-0.4, -0.2) is 30.3 Å². The van der Waals surface area contributed by atoms with Crippen LogP contribution in [0.3, 0.4) is 0 Å². The van der Waals surface area contributed by atoms with Gasteiger partial charge < -0.3 is 5.32 Å². The molecule has 1 amide bonds. The number of amides is 1. The molecule has 174 valence electrons. The van der Waals surface area contributed by atoms with Gasteiger partial charge in [0, 0.05) is 29.3 Å². The number of nitrogens with zero attached hydrogens (tertiary/aromatic N) is 6. The predicted molar refractivity (Wildman–Crippen MR) is 131 cm³/mol. The van der Waals surface area contributed by atoms with Gasteiger partial charge in [-0.15, -0.1) is 0 Å². The van der Waals surface area contributed by atoms with Gasteiger partial charge in [-0.1, -0.05) is 32.9 Å². The number of rotatable bonds is 5. The van der Waals surface area contributed by atoms with Crippen molar-refractivity contribution in [3.8, 4) is 11.8 Å². The van der Waals surface area contributed by atoms with E-state index in [0.29, 0.717) is 23.4 Å². The van der Waals surface area contributed by atoms with Crippen LogP contribution < -0.4 is 5.32 Å². The van der Waals surface area contributed by atoms with Crippen molar-refractivity contribution in [2.45, 2.75) is 59.8 Å². The Morgan fingerprint density at radius 3 is 2.62 bits per heavy atom. The molecule has 3 heterocycles. The molecule has 4 aromatic rings. The Kier molecular flexibility index (Phi) is 5.96. The third-order valence-corrected chi connectivity index (χ3v) is 5.92. The molecule has 1 N–H and O–H groups in total. The SMILES string of the molecule is Cc1cccc(-n2nc(C(C)(C)C)cc2NC(=O)CCc2c(C)nc3c(C#N)cnn3c2C)c1. The summed E-state index contributed by atoms with van der Waals surface area (Å²) in [4.78, 5) is 17.5. The first-order valence-electron chi connectivity index (χ1n) is 11.3. The molecule has 0 aliphatic heterocycles. The zero-order valence-corrected chi connectivity index (χ0v) is 20.5. The number of carbonyl (C=O) groups excluding carboxylic acids is 1. The average molecular weight is 456 g/mol. The summed E-state index contributed by atoms with van der Waals surface area (Å²) in [5.41, 5.74) is 6.39. The van der Waals surface area contributed by atoms with Crippen molar-refractivity contribution in [2.24, 2.45) is 0 Å². The smallest absolute Gasteiger partial charge is 0.225 e. The Balaban J connectivity index is 1.58. The molecule has 0 bridgehead atoms. The molecule has 8 heteroatoms. The van der Waals surface area contributed by atoms with Crippen molar-refractivity contribution in [3.63, 3.8) is 0 Å². The van der Waals surface area contributed by atoms with Gasteiger partial charge in [0.15, 0.2) is 5.65 Å². The van der Waals surface area contributed by atoms with E-state index in [2.05, 4.69) is 42.2 Å². The second kappa shape index (κ2) is 8.75. The van der Waals surface area contributed by atoms with Gasteiger partial charge in [0.25, 0.3) is 0 Å². The van der Waals surface area contributed by atoms with Crippen LogP contribution in [0.5, 0.6) is 0 Å². The summed E-state index contributed by atoms with van der Waals surface area (Å²) in [5.74, 6) is 0.541. The highest BCUT2D eigenvalue weighted by atomic mass is 16.1. The first-order valence-corrected chi connectivity index (χ1v) is 11.3. The maximum atomic E-state index is 13.0. The maximum absolute atomic E-state index is 13.0. The minimum absolute atomic E-state index is 0.105. The topological polar surface area (TPSA) is 101 Å². The molecular formula is C26H29N7O. The summed E-state index contributed by atoms with van der Waals surface area (Å²) in [6.45, 7) is 12.2. The predicted octanol–water partition coefficient (Wildman–Crippen LogP) is 4.58. The number of hydrogen-bond acceptors (Lipinski definition) is 5. The van der Waals surface area contributed by atoms with Crippen LogP contribution in [0.25, 0.3) is 11.3 Å². The van der Waals surface area contributed by atoms with Gasteiger partial charge >= 0.3 is 0 Å². The fourth-order valence-electron chi connectivity index (χ4n) is 3.99. The molecule has 0 saturated carbocycles. The van der Waals surface area contributed by atoms with Crippen molar-refractivity contribution in [1.82, 2.24) is 24.4 Å². The largest absolute Gasteiger partial charge is 0.311 e. The molecule has 0 fully saturated rings. The van der Waals surface area contributed by atoms with Gasteiger partial charge in [-0.3, -0.25) is 4.79 Å². The first kappa shape index (κ1) is 23.2. The number of nitriles is 1. The monoisotopic (exact) mass is 455 g/mol. The van der Waals surface area contributed by atoms with Gasteiger partial charge in [0.2, 0.25) is 5.91 Å². The van der Waals surface area contributed by atoms with E-state index in [9.17, 15) is 10.1 Å². The molecule has 0 saturated heterocycles. The fraction of sp³-hybridized carbons (Fsp3) is 0.346. The first-order chi connectivity index (χ1) is 16.1. The molecule has 0 spiro atoms. The summed E-state index contributed by atoms with van der Waals surface area (Å²) in [7, 11) is 0. The van der Waals surface area contributed by atoms with Crippen LogP contribution in [0.4, 0.5) is 5.82 Å². The minimum atomic E-state index is -0.157. The van der Waals surface area contributed by atoms with Gasteiger partial charge in [-0.25, -0.2) is 14.2 Å². The number of nitrogens with one attached hydrogen (secondary N) is 1. The van der Waals surface area contributed by atoms with E-state index in [1.54, 1.807) is 9.20 Å². The molecule has 34 heavy (non-hydrogen) atoms. The summed E-state index contributed by atoms with van der Waals surface area (Å²) in [6, 6.07) is 12.1. The molecule has 0 unspecified atom stereocenters. The lowest BCUT2D eigenvalue weighted by Gasteiger charge is -2.14. The standard InChI is InChI=1S/C26H29N7O/c1-16-8-7-9-20(12-16)33-23(13-22(31-33)26(4,5)6)30-24(34)11-10-21-17(2)29-25-19(14-27)15-28-32(25)18(21)3/h7-9,12-13,15H,10-11H2,1-6H3,(H,30,34). The van der Waals surface area contributed by atoms with Gasteiger partial charge in [-0.2, -0.15) is 15.5 Å². The number of fused-ring (bicyclic) bond motifs is 1. The van der Waals surface area contributed by atoms with Gasteiger partial charge in [0.1, 0.15) is 17.5 Å². The van der Waals surface area contributed by atoms with Gasteiger partial charge in [-0.05, 0) is 50.5 Å². The highest BCUT2D eigenvalue weighted by Gasteiger charge is 2.22. The minimum Gasteiger partial charge on any atom is -0.311 e. The number of aromatic nitrogens is 5. The van der Waals surface area contributed by atoms with Crippen molar-refractivity contribution in [1.29, 1.82) is 5.26 Å². The second-order valence-electron chi connectivity index (χ2n) is 9.63. The third-order valence-electron chi connectivity index (χ3n) is 5.92.